The topological polar surface area (TPSA) is 38.3 Å². The van der Waals surface area contributed by atoms with Crippen molar-refractivity contribution in [1.29, 1.82) is 0 Å². The van der Waals surface area contributed by atoms with Gasteiger partial charge in [-0.2, -0.15) is 0 Å². The van der Waals surface area contributed by atoms with Gasteiger partial charge in [0.15, 0.2) is 0 Å². The second kappa shape index (κ2) is 7.04. The number of hydrogen-bond acceptors (Lipinski definition) is 3. The van der Waals surface area contributed by atoms with E-state index in [4.69, 9.17) is 16.3 Å². The zero-order valence-electron chi connectivity index (χ0n) is 11.5. The summed E-state index contributed by atoms with van der Waals surface area (Å²) in [6.07, 6.45) is 5.46. The summed E-state index contributed by atoms with van der Waals surface area (Å²) in [6, 6.07) is 3.63. The number of ether oxygens (including phenoxy) is 1. The minimum absolute atomic E-state index is 0.214. The van der Waals surface area contributed by atoms with Crippen molar-refractivity contribution in [3.63, 3.8) is 0 Å². The van der Waals surface area contributed by atoms with E-state index in [1.165, 1.54) is 31.7 Å². The monoisotopic (exact) mass is 299 g/mol. The molecule has 1 aromatic carbocycles. The SMILES string of the molecule is COC(=O)C(NC1CCCCC1)c1cc(Cl)ccc1F. The molecule has 0 amide bonds. The van der Waals surface area contributed by atoms with Crippen molar-refractivity contribution < 1.29 is 13.9 Å². The van der Waals surface area contributed by atoms with Gasteiger partial charge in [-0.05, 0) is 31.0 Å². The maximum Gasteiger partial charge on any atom is 0.327 e. The first-order chi connectivity index (χ1) is 9.61. The molecule has 0 spiro atoms. The predicted molar refractivity (Wildman–Crippen MR) is 76.2 cm³/mol. The zero-order chi connectivity index (χ0) is 14.5. The van der Waals surface area contributed by atoms with Crippen LogP contribution in [-0.2, 0) is 9.53 Å². The molecule has 0 aliphatic heterocycles. The average Bonchev–Trinajstić information content (AvgIpc) is 2.48. The minimum atomic E-state index is -0.804. The lowest BCUT2D eigenvalue weighted by atomic mass is 9.94. The molecule has 1 N–H and O–H groups in total. The fourth-order valence-corrected chi connectivity index (χ4v) is 2.82. The normalized spacial score (nSPS) is 17.8. The van der Waals surface area contributed by atoms with Crippen LogP contribution in [0.3, 0.4) is 0 Å². The largest absolute Gasteiger partial charge is 0.468 e. The number of nitrogens with one attached hydrogen (secondary N) is 1. The van der Waals surface area contributed by atoms with Gasteiger partial charge in [-0.3, -0.25) is 5.32 Å². The Balaban J connectivity index is 2.22. The minimum Gasteiger partial charge on any atom is -0.468 e. The van der Waals surface area contributed by atoms with E-state index in [1.807, 2.05) is 0 Å². The molecule has 1 aliphatic rings. The summed E-state index contributed by atoms with van der Waals surface area (Å²) >= 11 is 5.90. The highest BCUT2D eigenvalue weighted by molar-refractivity contribution is 6.30. The van der Waals surface area contributed by atoms with Gasteiger partial charge in [0.2, 0.25) is 0 Å². The zero-order valence-corrected chi connectivity index (χ0v) is 12.3. The molecule has 1 aliphatic carbocycles. The van der Waals surface area contributed by atoms with Gasteiger partial charge in [-0.25, -0.2) is 9.18 Å². The second-order valence-corrected chi connectivity index (χ2v) is 5.56. The van der Waals surface area contributed by atoms with Crippen molar-refractivity contribution >= 4 is 17.6 Å². The Morgan fingerprint density at radius 2 is 2.10 bits per heavy atom. The summed E-state index contributed by atoms with van der Waals surface area (Å²) in [6.45, 7) is 0. The van der Waals surface area contributed by atoms with Gasteiger partial charge in [-0.15, -0.1) is 0 Å². The number of esters is 1. The molecule has 20 heavy (non-hydrogen) atoms. The third-order valence-electron chi connectivity index (χ3n) is 3.71. The number of halogens is 2. The molecule has 0 bridgehead atoms. The molecule has 0 aromatic heterocycles. The summed E-state index contributed by atoms with van der Waals surface area (Å²) in [5, 5.41) is 3.62. The van der Waals surface area contributed by atoms with Crippen molar-refractivity contribution in [2.45, 2.75) is 44.2 Å². The molecular weight excluding hydrogens is 281 g/mol. The highest BCUT2D eigenvalue weighted by Crippen LogP contribution is 2.26. The fourth-order valence-electron chi connectivity index (χ4n) is 2.64. The standard InChI is InChI=1S/C15H19ClFNO2/c1-20-15(19)14(18-11-5-3-2-4-6-11)12-9-10(16)7-8-13(12)17/h7-9,11,14,18H,2-6H2,1H3. The third-order valence-corrected chi connectivity index (χ3v) is 3.95. The van der Waals surface area contributed by atoms with E-state index in [2.05, 4.69) is 5.32 Å². The highest BCUT2D eigenvalue weighted by Gasteiger charge is 2.28. The van der Waals surface area contributed by atoms with Crippen LogP contribution in [-0.4, -0.2) is 19.1 Å². The molecule has 1 aromatic rings. The number of carbonyl (C=O) groups is 1. The average molecular weight is 300 g/mol. The lowest BCUT2D eigenvalue weighted by Crippen LogP contribution is -2.39. The number of hydrogen-bond donors (Lipinski definition) is 1. The van der Waals surface area contributed by atoms with Gasteiger partial charge in [0.25, 0.3) is 0 Å². The Morgan fingerprint density at radius 3 is 2.75 bits per heavy atom. The summed E-state index contributed by atoms with van der Waals surface area (Å²) in [5.41, 5.74) is 0.245. The Kier molecular flexibility index (Phi) is 5.38. The molecule has 1 unspecified atom stereocenters. The van der Waals surface area contributed by atoms with Crippen LogP contribution in [0.4, 0.5) is 4.39 Å². The van der Waals surface area contributed by atoms with Crippen LogP contribution in [0.1, 0.15) is 43.7 Å². The van der Waals surface area contributed by atoms with E-state index in [1.54, 1.807) is 0 Å². The van der Waals surface area contributed by atoms with Crippen LogP contribution in [0.5, 0.6) is 0 Å². The van der Waals surface area contributed by atoms with Crippen LogP contribution >= 0.6 is 11.6 Å². The van der Waals surface area contributed by atoms with Gasteiger partial charge >= 0.3 is 5.97 Å². The first-order valence-corrected chi connectivity index (χ1v) is 7.28. The van der Waals surface area contributed by atoms with Crippen LogP contribution in [0.25, 0.3) is 0 Å². The Bertz CT molecular complexity index is 475. The lowest BCUT2D eigenvalue weighted by Gasteiger charge is -2.27. The van der Waals surface area contributed by atoms with Crippen LogP contribution in [0.15, 0.2) is 18.2 Å². The van der Waals surface area contributed by atoms with E-state index in [9.17, 15) is 9.18 Å². The van der Waals surface area contributed by atoms with Crippen LogP contribution < -0.4 is 5.32 Å². The van der Waals surface area contributed by atoms with Crippen molar-refractivity contribution in [3.8, 4) is 0 Å². The molecule has 110 valence electrons. The quantitative estimate of drug-likeness (QED) is 0.863. The molecule has 3 nitrogen and oxygen atoms in total. The summed E-state index contributed by atoms with van der Waals surface area (Å²) in [4.78, 5) is 12.0. The maximum absolute atomic E-state index is 14.0. The molecule has 5 heteroatoms. The molecule has 1 saturated carbocycles. The third kappa shape index (κ3) is 3.70. The van der Waals surface area contributed by atoms with E-state index in [-0.39, 0.29) is 11.6 Å². The van der Waals surface area contributed by atoms with Crippen LogP contribution in [0, 0.1) is 5.82 Å². The van der Waals surface area contributed by atoms with Crippen molar-refractivity contribution in [2.75, 3.05) is 7.11 Å². The highest BCUT2D eigenvalue weighted by atomic mass is 35.5. The molecule has 1 fully saturated rings. The Morgan fingerprint density at radius 1 is 1.40 bits per heavy atom. The van der Waals surface area contributed by atoms with Crippen molar-refractivity contribution in [2.24, 2.45) is 0 Å². The van der Waals surface area contributed by atoms with Crippen LogP contribution in [0.2, 0.25) is 5.02 Å². The number of carbonyl (C=O) groups excluding carboxylic acids is 1. The lowest BCUT2D eigenvalue weighted by molar-refractivity contribution is -0.143. The molecule has 0 saturated heterocycles. The number of methoxy groups -OCH3 is 1. The van der Waals surface area contributed by atoms with E-state index in [0.717, 1.165) is 25.7 Å². The number of rotatable bonds is 4. The van der Waals surface area contributed by atoms with Gasteiger partial charge in [0.1, 0.15) is 11.9 Å². The summed E-state index contributed by atoms with van der Waals surface area (Å²) < 4.78 is 18.8. The van der Waals surface area contributed by atoms with Gasteiger partial charge in [-0.1, -0.05) is 30.9 Å². The summed E-state index contributed by atoms with van der Waals surface area (Å²) in [5.74, 6) is -0.940. The van der Waals surface area contributed by atoms with Gasteiger partial charge < -0.3 is 4.74 Å². The van der Waals surface area contributed by atoms with Gasteiger partial charge in [0.05, 0.1) is 7.11 Å². The number of benzene rings is 1. The molecular formula is C15H19ClFNO2. The molecule has 0 radical (unpaired) electrons. The molecule has 0 heterocycles. The first-order valence-electron chi connectivity index (χ1n) is 6.90. The summed E-state index contributed by atoms with van der Waals surface area (Å²) in [7, 11) is 1.31. The van der Waals surface area contributed by atoms with E-state index in [0.29, 0.717) is 5.02 Å². The van der Waals surface area contributed by atoms with E-state index < -0.39 is 17.8 Å². The Labute approximate surface area is 123 Å². The maximum atomic E-state index is 14.0. The van der Waals surface area contributed by atoms with Crippen molar-refractivity contribution in [1.82, 2.24) is 5.32 Å². The van der Waals surface area contributed by atoms with Gasteiger partial charge in [0, 0.05) is 16.6 Å². The first kappa shape index (κ1) is 15.3. The fraction of sp³-hybridized carbons (Fsp3) is 0.533. The second-order valence-electron chi connectivity index (χ2n) is 5.12. The smallest absolute Gasteiger partial charge is 0.327 e. The van der Waals surface area contributed by atoms with Crippen molar-refractivity contribution in [3.05, 3.63) is 34.6 Å². The Hall–Kier alpha value is -1.13. The molecule has 2 rings (SSSR count). The predicted octanol–water partition coefficient (Wildman–Crippen LogP) is 3.62. The molecule has 1 atom stereocenters. The van der Waals surface area contributed by atoms with E-state index >= 15 is 0 Å².